The van der Waals surface area contributed by atoms with E-state index in [1.165, 1.54) is 4.88 Å². The molecular formula is C13H20N2O2S. The molecule has 1 saturated heterocycles. The van der Waals surface area contributed by atoms with Crippen LogP contribution in [0.3, 0.4) is 0 Å². The van der Waals surface area contributed by atoms with Crippen molar-refractivity contribution >= 4 is 17.2 Å². The van der Waals surface area contributed by atoms with Crippen LogP contribution in [0.5, 0.6) is 0 Å². The van der Waals surface area contributed by atoms with E-state index in [-0.39, 0.29) is 12.0 Å². The van der Waals surface area contributed by atoms with Crippen LogP contribution in [0.25, 0.3) is 0 Å². The molecule has 100 valence electrons. The summed E-state index contributed by atoms with van der Waals surface area (Å²) < 4.78 is 5.33. The largest absolute Gasteiger partial charge is 0.368 e. The van der Waals surface area contributed by atoms with Gasteiger partial charge in [0, 0.05) is 24.4 Å². The topological polar surface area (TPSA) is 51.2 Å². The Morgan fingerprint density at radius 1 is 1.56 bits per heavy atom. The molecule has 0 radical (unpaired) electrons. The van der Waals surface area contributed by atoms with E-state index in [0.29, 0.717) is 6.54 Å². The molecule has 0 spiro atoms. The van der Waals surface area contributed by atoms with Gasteiger partial charge in [0.2, 0.25) is 5.91 Å². The predicted molar refractivity (Wildman–Crippen MR) is 71.9 cm³/mol. The number of aromatic nitrogens is 1. The highest BCUT2D eigenvalue weighted by Crippen LogP contribution is 2.17. The molecule has 1 N–H and O–H groups in total. The summed E-state index contributed by atoms with van der Waals surface area (Å²) in [5.41, 5.74) is 1.12. The molecule has 18 heavy (non-hydrogen) atoms. The minimum absolute atomic E-state index is 0.0407. The molecule has 1 atom stereocenters. The highest BCUT2D eigenvalue weighted by atomic mass is 32.1. The Labute approximate surface area is 112 Å². The Bertz CT molecular complexity index is 392. The number of carbonyl (C=O) groups is 1. The maximum absolute atomic E-state index is 11.7. The number of nitrogens with zero attached hydrogens (tertiary/aromatic N) is 1. The van der Waals surface area contributed by atoms with Gasteiger partial charge in [-0.15, -0.1) is 11.3 Å². The van der Waals surface area contributed by atoms with Crippen molar-refractivity contribution in [3.63, 3.8) is 0 Å². The van der Waals surface area contributed by atoms with Gasteiger partial charge in [-0.05, 0) is 33.1 Å². The van der Waals surface area contributed by atoms with Crippen LogP contribution in [0.4, 0.5) is 0 Å². The predicted octanol–water partition coefficient (Wildman–Crippen LogP) is 1.99. The smallest absolute Gasteiger partial charge is 0.249 e. The second kappa shape index (κ2) is 6.29. The standard InChI is InChI=1S/C13H20N2O2S/c1-9-10(2)18-12(15-9)6-3-7-14-13(16)11-5-4-8-17-11/h11H,3-8H2,1-2H3,(H,14,16). The third-order valence-corrected chi connectivity index (χ3v) is 4.29. The Kier molecular flexibility index (Phi) is 4.72. The number of carbonyl (C=O) groups excluding carboxylic acids is 1. The zero-order valence-electron chi connectivity index (χ0n) is 11.0. The van der Waals surface area contributed by atoms with Gasteiger partial charge < -0.3 is 10.1 Å². The molecule has 1 amide bonds. The number of rotatable bonds is 5. The van der Waals surface area contributed by atoms with Gasteiger partial charge >= 0.3 is 0 Å². The summed E-state index contributed by atoms with van der Waals surface area (Å²) in [6.07, 6.45) is 3.51. The molecule has 1 aliphatic rings. The summed E-state index contributed by atoms with van der Waals surface area (Å²) in [5.74, 6) is 0.0407. The van der Waals surface area contributed by atoms with E-state index in [1.807, 2.05) is 6.92 Å². The van der Waals surface area contributed by atoms with Gasteiger partial charge in [0.15, 0.2) is 0 Å². The Morgan fingerprint density at radius 3 is 3.00 bits per heavy atom. The van der Waals surface area contributed by atoms with Crippen molar-refractivity contribution in [2.45, 2.75) is 45.6 Å². The number of thiazole rings is 1. The lowest BCUT2D eigenvalue weighted by Gasteiger charge is -2.09. The normalized spacial score (nSPS) is 19.1. The number of amides is 1. The molecule has 1 fully saturated rings. The van der Waals surface area contributed by atoms with Gasteiger partial charge in [0.1, 0.15) is 6.10 Å². The van der Waals surface area contributed by atoms with E-state index < -0.39 is 0 Å². The zero-order valence-corrected chi connectivity index (χ0v) is 11.8. The van der Waals surface area contributed by atoms with Gasteiger partial charge in [0.05, 0.1) is 10.7 Å². The van der Waals surface area contributed by atoms with Crippen molar-refractivity contribution in [1.82, 2.24) is 10.3 Å². The highest BCUT2D eigenvalue weighted by Gasteiger charge is 2.22. The summed E-state index contributed by atoms with van der Waals surface area (Å²) in [4.78, 5) is 17.4. The molecule has 0 saturated carbocycles. The van der Waals surface area contributed by atoms with Crippen LogP contribution >= 0.6 is 11.3 Å². The monoisotopic (exact) mass is 268 g/mol. The summed E-state index contributed by atoms with van der Waals surface area (Å²) in [7, 11) is 0. The molecule has 2 rings (SSSR count). The van der Waals surface area contributed by atoms with Crippen LogP contribution < -0.4 is 5.32 Å². The summed E-state index contributed by atoms with van der Waals surface area (Å²) in [6, 6.07) is 0. The lowest BCUT2D eigenvalue weighted by molar-refractivity contribution is -0.130. The molecule has 0 aromatic carbocycles. The summed E-state index contributed by atoms with van der Waals surface area (Å²) in [6.45, 7) is 5.55. The lowest BCUT2D eigenvalue weighted by atomic mass is 10.2. The third-order valence-electron chi connectivity index (χ3n) is 3.16. The number of ether oxygens (including phenoxy) is 1. The first-order valence-corrected chi connectivity index (χ1v) is 7.30. The molecule has 1 unspecified atom stereocenters. The highest BCUT2D eigenvalue weighted by molar-refractivity contribution is 7.11. The van der Waals surface area contributed by atoms with Gasteiger partial charge in [0.25, 0.3) is 0 Å². The first-order valence-electron chi connectivity index (χ1n) is 6.49. The number of hydrogen-bond donors (Lipinski definition) is 1. The maximum atomic E-state index is 11.7. The Balaban J connectivity index is 1.65. The van der Waals surface area contributed by atoms with Crippen molar-refractivity contribution in [1.29, 1.82) is 0 Å². The molecule has 2 heterocycles. The Morgan fingerprint density at radius 2 is 2.39 bits per heavy atom. The second-order valence-corrected chi connectivity index (χ2v) is 5.93. The molecule has 1 aliphatic heterocycles. The van der Waals surface area contributed by atoms with Gasteiger partial charge in [-0.3, -0.25) is 4.79 Å². The molecule has 0 aliphatic carbocycles. The molecule has 4 nitrogen and oxygen atoms in total. The number of nitrogens with one attached hydrogen (secondary N) is 1. The van der Waals surface area contributed by atoms with Crippen LogP contribution in [-0.4, -0.2) is 30.1 Å². The van der Waals surface area contributed by atoms with Crippen molar-refractivity contribution in [2.24, 2.45) is 0 Å². The van der Waals surface area contributed by atoms with Gasteiger partial charge in [-0.25, -0.2) is 4.98 Å². The molecule has 1 aromatic rings. The van der Waals surface area contributed by atoms with Gasteiger partial charge in [-0.1, -0.05) is 0 Å². The van der Waals surface area contributed by atoms with E-state index in [2.05, 4.69) is 17.2 Å². The maximum Gasteiger partial charge on any atom is 0.249 e. The van der Waals surface area contributed by atoms with Crippen LogP contribution in [-0.2, 0) is 16.0 Å². The fraction of sp³-hybridized carbons (Fsp3) is 0.692. The third kappa shape index (κ3) is 3.53. The SMILES string of the molecule is Cc1nc(CCCNC(=O)C2CCCO2)sc1C. The van der Waals surface area contributed by atoms with Gasteiger partial charge in [-0.2, -0.15) is 0 Å². The van der Waals surface area contributed by atoms with Crippen molar-refractivity contribution in [2.75, 3.05) is 13.2 Å². The lowest BCUT2D eigenvalue weighted by Crippen LogP contribution is -2.34. The molecule has 5 heteroatoms. The fourth-order valence-electron chi connectivity index (χ4n) is 2.00. The van der Waals surface area contributed by atoms with Crippen molar-refractivity contribution in [3.8, 4) is 0 Å². The Hall–Kier alpha value is -0.940. The quantitative estimate of drug-likeness (QED) is 0.831. The molecule has 0 bridgehead atoms. The van der Waals surface area contributed by atoms with E-state index in [9.17, 15) is 4.79 Å². The molecule has 1 aromatic heterocycles. The number of hydrogen-bond acceptors (Lipinski definition) is 4. The summed E-state index contributed by atoms with van der Waals surface area (Å²) >= 11 is 1.75. The number of aryl methyl sites for hydroxylation is 3. The van der Waals surface area contributed by atoms with Crippen LogP contribution in [0.15, 0.2) is 0 Å². The van der Waals surface area contributed by atoms with Crippen LogP contribution in [0.2, 0.25) is 0 Å². The average molecular weight is 268 g/mol. The zero-order chi connectivity index (χ0) is 13.0. The van der Waals surface area contributed by atoms with Crippen LogP contribution in [0, 0.1) is 13.8 Å². The average Bonchev–Trinajstić information content (AvgIpc) is 2.96. The van der Waals surface area contributed by atoms with Crippen LogP contribution in [0.1, 0.15) is 34.8 Å². The van der Waals surface area contributed by atoms with E-state index in [1.54, 1.807) is 11.3 Å². The van der Waals surface area contributed by atoms with Crippen molar-refractivity contribution in [3.05, 3.63) is 15.6 Å². The first kappa shape index (κ1) is 13.5. The first-order chi connectivity index (χ1) is 8.66. The second-order valence-electron chi connectivity index (χ2n) is 4.65. The minimum atomic E-state index is -0.214. The van der Waals surface area contributed by atoms with Crippen molar-refractivity contribution < 1.29 is 9.53 Å². The summed E-state index contributed by atoms with van der Waals surface area (Å²) in [5, 5.41) is 4.09. The molecular weight excluding hydrogens is 248 g/mol. The van der Waals surface area contributed by atoms with E-state index in [4.69, 9.17) is 4.74 Å². The fourth-order valence-corrected chi connectivity index (χ4v) is 2.97. The van der Waals surface area contributed by atoms with E-state index >= 15 is 0 Å². The van der Waals surface area contributed by atoms with E-state index in [0.717, 1.165) is 43.0 Å². The minimum Gasteiger partial charge on any atom is -0.368 e.